The van der Waals surface area contributed by atoms with Gasteiger partial charge in [0, 0.05) is 42.5 Å². The Morgan fingerprint density at radius 2 is 1.04 bits per heavy atom. The summed E-state index contributed by atoms with van der Waals surface area (Å²) in [4.78, 5) is 2.45. The molecule has 10 aromatic rings. The van der Waals surface area contributed by atoms with Crippen molar-refractivity contribution in [3.05, 3.63) is 199 Å². The molecule has 0 unspecified atom stereocenters. The van der Waals surface area contributed by atoms with Crippen LogP contribution in [-0.4, -0.2) is 0 Å². The lowest BCUT2D eigenvalue weighted by atomic mass is 9.82. The van der Waals surface area contributed by atoms with Crippen LogP contribution in [0.15, 0.2) is 188 Å². The number of para-hydroxylation sites is 1. The fourth-order valence-electron chi connectivity index (χ4n) is 9.03. The van der Waals surface area contributed by atoms with E-state index in [1.54, 1.807) is 0 Å². The quantitative estimate of drug-likeness (QED) is 0.171. The topological polar surface area (TPSA) is 3.24 Å². The molecule has 0 spiro atoms. The van der Waals surface area contributed by atoms with E-state index in [2.05, 4.69) is 207 Å². The average molecular weight is 720 g/mol. The molecule has 0 aliphatic heterocycles. The number of fused-ring (bicyclic) bond motifs is 9. The van der Waals surface area contributed by atoms with Gasteiger partial charge in [0.1, 0.15) is 0 Å². The van der Waals surface area contributed by atoms with Gasteiger partial charge in [0.2, 0.25) is 0 Å². The smallest absolute Gasteiger partial charge is 0.0540 e. The molecule has 1 heterocycles. The van der Waals surface area contributed by atoms with E-state index >= 15 is 0 Å². The maximum Gasteiger partial charge on any atom is 0.0540 e. The highest BCUT2D eigenvalue weighted by atomic mass is 32.1. The van der Waals surface area contributed by atoms with Crippen LogP contribution in [0.3, 0.4) is 0 Å². The van der Waals surface area contributed by atoms with Crippen LogP contribution in [0.4, 0.5) is 17.1 Å². The predicted molar refractivity (Wildman–Crippen MR) is 237 cm³/mol. The molecule has 9 aromatic carbocycles. The maximum atomic E-state index is 2.45. The van der Waals surface area contributed by atoms with Crippen LogP contribution >= 0.6 is 11.3 Å². The van der Waals surface area contributed by atoms with Crippen molar-refractivity contribution < 1.29 is 0 Å². The molecule has 0 saturated carbocycles. The molecule has 55 heavy (non-hydrogen) atoms. The number of anilines is 3. The molecule has 2 heteroatoms. The molecular weight excluding hydrogens is 683 g/mol. The molecule has 0 amide bonds. The van der Waals surface area contributed by atoms with Gasteiger partial charge in [-0.05, 0) is 103 Å². The van der Waals surface area contributed by atoms with E-state index in [1.165, 1.54) is 86.2 Å². The summed E-state index contributed by atoms with van der Waals surface area (Å²) in [5.74, 6) is 0. The van der Waals surface area contributed by atoms with E-state index in [-0.39, 0.29) is 5.41 Å². The van der Waals surface area contributed by atoms with Gasteiger partial charge in [-0.15, -0.1) is 11.3 Å². The van der Waals surface area contributed by atoms with E-state index < -0.39 is 0 Å². The summed E-state index contributed by atoms with van der Waals surface area (Å²) in [6.45, 7) is 4.70. The number of nitrogens with zero attached hydrogens (tertiary/aromatic N) is 1. The Morgan fingerprint density at radius 1 is 0.400 bits per heavy atom. The van der Waals surface area contributed by atoms with E-state index in [0.717, 1.165) is 17.1 Å². The van der Waals surface area contributed by atoms with E-state index in [9.17, 15) is 0 Å². The van der Waals surface area contributed by atoms with Crippen molar-refractivity contribution >= 4 is 70.1 Å². The van der Waals surface area contributed by atoms with Gasteiger partial charge >= 0.3 is 0 Å². The van der Waals surface area contributed by atoms with Crippen LogP contribution in [0, 0.1) is 0 Å². The van der Waals surface area contributed by atoms with Crippen LogP contribution in [0.1, 0.15) is 25.0 Å². The summed E-state index contributed by atoms with van der Waals surface area (Å²) < 4.78 is 2.68. The van der Waals surface area contributed by atoms with Gasteiger partial charge in [-0.25, -0.2) is 0 Å². The molecule has 0 N–H and O–H groups in total. The number of hydrogen-bond donors (Lipinski definition) is 0. The third-order valence-electron chi connectivity index (χ3n) is 11.9. The second kappa shape index (κ2) is 12.3. The molecule has 0 bridgehead atoms. The Balaban J connectivity index is 1.05. The fourth-order valence-corrected chi connectivity index (χ4v) is 10.3. The zero-order valence-electron chi connectivity index (χ0n) is 30.8. The number of benzene rings is 9. The standard InChI is InChI=1S/C53H37NS/c1-53(2)48-17-9-7-16-44(48)47-33-41(27-30-49(47)53)54(50-18-10-8-14-42(50)39-20-19-34-11-3-4-13-37(34)31-39)40-25-21-35(22-26-40)38-24-28-45-46-29-23-36-12-5-6-15-43(36)52(46)55-51(45)32-38/h3-33H,1-2H3. The summed E-state index contributed by atoms with van der Waals surface area (Å²) in [6.07, 6.45) is 0. The van der Waals surface area contributed by atoms with Gasteiger partial charge in [-0.3, -0.25) is 0 Å². The lowest BCUT2D eigenvalue weighted by molar-refractivity contribution is 0.660. The van der Waals surface area contributed by atoms with Gasteiger partial charge in [0.05, 0.1) is 5.69 Å². The predicted octanol–water partition coefficient (Wildman–Crippen LogP) is 15.5. The average Bonchev–Trinajstić information content (AvgIpc) is 3.73. The molecule has 260 valence electrons. The van der Waals surface area contributed by atoms with Crippen LogP contribution < -0.4 is 4.90 Å². The maximum absolute atomic E-state index is 2.45. The van der Waals surface area contributed by atoms with E-state index in [1.807, 2.05) is 11.3 Å². The highest BCUT2D eigenvalue weighted by molar-refractivity contribution is 7.26. The molecule has 1 aliphatic carbocycles. The van der Waals surface area contributed by atoms with Crippen molar-refractivity contribution in [3.63, 3.8) is 0 Å². The van der Waals surface area contributed by atoms with Crippen molar-refractivity contribution in [1.82, 2.24) is 0 Å². The third-order valence-corrected chi connectivity index (χ3v) is 13.1. The molecule has 0 saturated heterocycles. The minimum absolute atomic E-state index is 0.0530. The number of thiophene rings is 1. The number of rotatable bonds is 5. The summed E-state index contributed by atoms with van der Waals surface area (Å²) in [5.41, 5.74) is 13.6. The summed E-state index contributed by atoms with van der Waals surface area (Å²) in [6, 6.07) is 69.7. The normalized spacial score (nSPS) is 13.1. The summed E-state index contributed by atoms with van der Waals surface area (Å²) in [7, 11) is 0. The monoisotopic (exact) mass is 719 g/mol. The summed E-state index contributed by atoms with van der Waals surface area (Å²) in [5, 5.41) is 7.77. The van der Waals surface area contributed by atoms with Crippen molar-refractivity contribution in [2.75, 3.05) is 4.90 Å². The largest absolute Gasteiger partial charge is 0.310 e. The van der Waals surface area contributed by atoms with Crippen LogP contribution in [0.2, 0.25) is 0 Å². The minimum Gasteiger partial charge on any atom is -0.310 e. The molecule has 0 atom stereocenters. The zero-order valence-corrected chi connectivity index (χ0v) is 31.6. The molecule has 1 aliphatic rings. The van der Waals surface area contributed by atoms with Crippen LogP contribution in [0.25, 0.3) is 75.1 Å². The van der Waals surface area contributed by atoms with Gasteiger partial charge in [0.25, 0.3) is 0 Å². The number of hydrogen-bond acceptors (Lipinski definition) is 2. The molecular formula is C53H37NS. The Kier molecular flexibility index (Phi) is 7.14. The summed E-state index contributed by atoms with van der Waals surface area (Å²) >= 11 is 1.90. The Morgan fingerprint density at radius 3 is 1.91 bits per heavy atom. The Hall–Kier alpha value is -6.48. The first-order chi connectivity index (χ1) is 27.0. The van der Waals surface area contributed by atoms with Crippen molar-refractivity contribution in [3.8, 4) is 33.4 Å². The molecule has 0 fully saturated rings. The zero-order chi connectivity index (χ0) is 36.7. The third kappa shape index (κ3) is 5.06. The second-order valence-corrected chi connectivity index (χ2v) is 16.4. The van der Waals surface area contributed by atoms with Crippen molar-refractivity contribution in [2.45, 2.75) is 19.3 Å². The van der Waals surface area contributed by atoms with Gasteiger partial charge in [-0.1, -0.05) is 159 Å². The van der Waals surface area contributed by atoms with Crippen LogP contribution in [-0.2, 0) is 5.41 Å². The first-order valence-electron chi connectivity index (χ1n) is 19.1. The lowest BCUT2D eigenvalue weighted by Crippen LogP contribution is -2.15. The Bertz CT molecular complexity index is 3130. The van der Waals surface area contributed by atoms with Gasteiger partial charge in [-0.2, -0.15) is 0 Å². The molecule has 1 aromatic heterocycles. The second-order valence-electron chi connectivity index (χ2n) is 15.3. The lowest BCUT2D eigenvalue weighted by Gasteiger charge is -2.29. The van der Waals surface area contributed by atoms with E-state index in [0.29, 0.717) is 0 Å². The highest BCUT2D eigenvalue weighted by Crippen LogP contribution is 2.51. The molecule has 1 nitrogen and oxygen atoms in total. The van der Waals surface area contributed by atoms with E-state index in [4.69, 9.17) is 0 Å². The van der Waals surface area contributed by atoms with Crippen molar-refractivity contribution in [2.24, 2.45) is 0 Å². The van der Waals surface area contributed by atoms with Gasteiger partial charge < -0.3 is 4.90 Å². The van der Waals surface area contributed by atoms with Crippen molar-refractivity contribution in [1.29, 1.82) is 0 Å². The van der Waals surface area contributed by atoms with Crippen LogP contribution in [0.5, 0.6) is 0 Å². The first kappa shape index (κ1) is 32.0. The SMILES string of the molecule is CC1(C)c2ccccc2-c2cc(N(c3ccc(-c4ccc5c(c4)sc4c6ccccc6ccc54)cc3)c3ccccc3-c3ccc4ccccc4c3)ccc21. The molecule has 11 rings (SSSR count). The fraction of sp³-hybridized carbons (Fsp3) is 0.0566. The highest BCUT2D eigenvalue weighted by Gasteiger charge is 2.35. The minimum atomic E-state index is -0.0530. The Labute approximate surface area is 325 Å². The molecule has 0 radical (unpaired) electrons. The first-order valence-corrected chi connectivity index (χ1v) is 19.9. The van der Waals surface area contributed by atoms with Gasteiger partial charge in [0.15, 0.2) is 0 Å².